The lowest BCUT2D eigenvalue weighted by Gasteiger charge is -1.86. The molecule has 0 spiro atoms. The van der Waals surface area contributed by atoms with Gasteiger partial charge in [-0.3, -0.25) is 4.79 Å². The maximum atomic E-state index is 8.36. The second-order valence-electron chi connectivity index (χ2n) is 2.40. The molecule has 0 aliphatic carbocycles. The normalized spacial score (nSPS) is 8.58. The van der Waals surface area contributed by atoms with Crippen molar-refractivity contribution < 1.29 is 14.3 Å². The van der Waals surface area contributed by atoms with Gasteiger partial charge in [0.1, 0.15) is 11.5 Å². The van der Waals surface area contributed by atoms with Crippen LogP contribution in [0.15, 0.2) is 10.5 Å². The summed E-state index contributed by atoms with van der Waals surface area (Å²) in [7, 11) is 0. The minimum atomic E-state index is -0.250. The zero-order chi connectivity index (χ0) is 9.56. The van der Waals surface area contributed by atoms with Crippen LogP contribution in [0.3, 0.4) is 0 Å². The Labute approximate surface area is 72.0 Å². The molecule has 1 N–H and O–H groups in total. The molecule has 3 heteroatoms. The molecule has 0 aliphatic heterocycles. The second kappa shape index (κ2) is 5.41. The predicted molar refractivity (Wildman–Crippen MR) is 46.3 cm³/mol. The van der Waals surface area contributed by atoms with Gasteiger partial charge in [-0.2, -0.15) is 0 Å². The van der Waals surface area contributed by atoms with Crippen LogP contribution in [0.4, 0.5) is 0 Å². The first-order valence-corrected chi connectivity index (χ1v) is 3.79. The van der Waals surface area contributed by atoms with Gasteiger partial charge in [0.05, 0.1) is 0 Å². The molecule has 0 aromatic carbocycles. The minimum Gasteiger partial charge on any atom is -0.483 e. The summed E-state index contributed by atoms with van der Waals surface area (Å²) in [4.78, 5) is 8.36. The van der Waals surface area contributed by atoms with E-state index in [1.165, 1.54) is 5.56 Å². The van der Waals surface area contributed by atoms with Crippen LogP contribution >= 0.6 is 0 Å². The molecule has 0 amide bonds. The first kappa shape index (κ1) is 10.8. The van der Waals surface area contributed by atoms with Gasteiger partial charge in [-0.25, -0.2) is 0 Å². The number of carbonyl (C=O) groups is 1. The van der Waals surface area contributed by atoms with E-state index in [9.17, 15) is 0 Å². The van der Waals surface area contributed by atoms with E-state index in [0.717, 1.165) is 17.9 Å². The van der Waals surface area contributed by atoms with Gasteiger partial charge >= 0.3 is 0 Å². The second-order valence-corrected chi connectivity index (χ2v) is 2.40. The van der Waals surface area contributed by atoms with Crippen molar-refractivity contribution in [1.82, 2.24) is 0 Å². The highest BCUT2D eigenvalue weighted by Crippen LogP contribution is 2.13. The number of hydrogen-bond donors (Lipinski definition) is 1. The molecule has 1 rings (SSSR count). The van der Waals surface area contributed by atoms with Gasteiger partial charge in [-0.1, -0.05) is 6.92 Å². The third kappa shape index (κ3) is 3.23. The Hall–Kier alpha value is -1.25. The highest BCUT2D eigenvalue weighted by Gasteiger charge is 1.99. The molecular formula is C9H14O3. The quantitative estimate of drug-likeness (QED) is 0.657. The Balaban J connectivity index is 0.000000354. The Morgan fingerprint density at radius 1 is 1.58 bits per heavy atom. The van der Waals surface area contributed by atoms with Gasteiger partial charge in [0, 0.05) is 0 Å². The number of carboxylic acid groups (broad SMARTS) is 1. The maximum Gasteiger partial charge on any atom is 0.290 e. The molecule has 0 saturated heterocycles. The lowest BCUT2D eigenvalue weighted by molar-refractivity contribution is -0.122. The van der Waals surface area contributed by atoms with Crippen LogP contribution in [0.1, 0.15) is 24.0 Å². The highest BCUT2D eigenvalue weighted by atomic mass is 16.3. The molecule has 1 aromatic rings. The summed E-state index contributed by atoms with van der Waals surface area (Å²) in [6, 6.07) is 2.09. The SMILES string of the molecule is CCc1cc(C)oc1C.O=CO. The first-order valence-electron chi connectivity index (χ1n) is 3.79. The summed E-state index contributed by atoms with van der Waals surface area (Å²) < 4.78 is 5.31. The fraction of sp³-hybridized carbons (Fsp3) is 0.444. The molecule has 1 aromatic heterocycles. The smallest absolute Gasteiger partial charge is 0.290 e. The Morgan fingerprint density at radius 3 is 2.25 bits per heavy atom. The topological polar surface area (TPSA) is 50.4 Å². The Kier molecular flexibility index (Phi) is 4.84. The molecule has 68 valence electrons. The van der Waals surface area contributed by atoms with Crippen LogP contribution in [-0.4, -0.2) is 11.6 Å². The van der Waals surface area contributed by atoms with E-state index >= 15 is 0 Å². The fourth-order valence-electron chi connectivity index (χ4n) is 1.03. The third-order valence-corrected chi connectivity index (χ3v) is 1.52. The van der Waals surface area contributed by atoms with Gasteiger partial charge in [0.15, 0.2) is 0 Å². The molecular weight excluding hydrogens is 156 g/mol. The number of rotatable bonds is 1. The maximum absolute atomic E-state index is 8.36. The monoisotopic (exact) mass is 170 g/mol. The van der Waals surface area contributed by atoms with E-state index in [2.05, 4.69) is 13.0 Å². The zero-order valence-electron chi connectivity index (χ0n) is 7.63. The number of aryl methyl sites for hydroxylation is 3. The average Bonchev–Trinajstić information content (AvgIpc) is 2.31. The summed E-state index contributed by atoms with van der Waals surface area (Å²) in [5, 5.41) is 6.89. The third-order valence-electron chi connectivity index (χ3n) is 1.52. The van der Waals surface area contributed by atoms with Crippen LogP contribution in [-0.2, 0) is 11.2 Å². The molecule has 0 aliphatic rings. The highest BCUT2D eigenvalue weighted by molar-refractivity contribution is 5.32. The van der Waals surface area contributed by atoms with Crippen molar-refractivity contribution >= 4 is 6.47 Å². The van der Waals surface area contributed by atoms with E-state index in [0.29, 0.717) is 0 Å². The van der Waals surface area contributed by atoms with E-state index in [-0.39, 0.29) is 6.47 Å². The fourth-order valence-corrected chi connectivity index (χ4v) is 1.03. The van der Waals surface area contributed by atoms with Crippen molar-refractivity contribution in [3.63, 3.8) is 0 Å². The van der Waals surface area contributed by atoms with Gasteiger partial charge in [-0.05, 0) is 31.9 Å². The van der Waals surface area contributed by atoms with Crippen LogP contribution in [0, 0.1) is 13.8 Å². The van der Waals surface area contributed by atoms with Crippen LogP contribution < -0.4 is 0 Å². The number of furan rings is 1. The summed E-state index contributed by atoms with van der Waals surface area (Å²) in [5.41, 5.74) is 1.33. The summed E-state index contributed by atoms with van der Waals surface area (Å²) >= 11 is 0. The molecule has 3 nitrogen and oxygen atoms in total. The van der Waals surface area contributed by atoms with Crippen molar-refractivity contribution in [1.29, 1.82) is 0 Å². The van der Waals surface area contributed by atoms with Crippen LogP contribution in [0.25, 0.3) is 0 Å². The van der Waals surface area contributed by atoms with E-state index < -0.39 is 0 Å². The number of hydrogen-bond acceptors (Lipinski definition) is 2. The largest absolute Gasteiger partial charge is 0.483 e. The van der Waals surface area contributed by atoms with Crippen LogP contribution in [0.2, 0.25) is 0 Å². The van der Waals surface area contributed by atoms with Crippen molar-refractivity contribution in [3.05, 3.63) is 23.2 Å². The molecule has 0 atom stereocenters. The predicted octanol–water partition coefficient (Wildman–Crippen LogP) is 2.16. The van der Waals surface area contributed by atoms with Gasteiger partial charge in [0.25, 0.3) is 6.47 Å². The van der Waals surface area contributed by atoms with E-state index in [4.69, 9.17) is 14.3 Å². The average molecular weight is 170 g/mol. The zero-order valence-corrected chi connectivity index (χ0v) is 7.63. The Morgan fingerprint density at radius 2 is 2.08 bits per heavy atom. The molecule has 0 bridgehead atoms. The summed E-state index contributed by atoms with van der Waals surface area (Å²) in [6.07, 6.45) is 1.07. The van der Waals surface area contributed by atoms with Crippen LogP contribution in [0.5, 0.6) is 0 Å². The Bertz CT molecular complexity index is 238. The summed E-state index contributed by atoms with van der Waals surface area (Å²) in [5.74, 6) is 2.08. The lowest BCUT2D eigenvalue weighted by atomic mass is 10.2. The summed E-state index contributed by atoms with van der Waals surface area (Å²) in [6.45, 7) is 5.87. The van der Waals surface area contributed by atoms with Gasteiger partial charge < -0.3 is 9.52 Å². The van der Waals surface area contributed by atoms with E-state index in [1.54, 1.807) is 0 Å². The van der Waals surface area contributed by atoms with E-state index in [1.807, 2.05) is 13.8 Å². The molecule has 0 unspecified atom stereocenters. The van der Waals surface area contributed by atoms with Crippen molar-refractivity contribution in [2.24, 2.45) is 0 Å². The van der Waals surface area contributed by atoms with Crippen molar-refractivity contribution in [2.75, 3.05) is 0 Å². The molecule has 0 fully saturated rings. The molecule has 12 heavy (non-hydrogen) atoms. The van der Waals surface area contributed by atoms with Gasteiger partial charge in [-0.15, -0.1) is 0 Å². The van der Waals surface area contributed by atoms with Gasteiger partial charge in [0.2, 0.25) is 0 Å². The molecule has 0 radical (unpaired) electrons. The standard InChI is InChI=1S/C8H12O.CH2O2/c1-4-8-5-6(2)9-7(8)3;2-1-3/h5H,4H2,1-3H3;1H,(H,2,3). The molecule has 0 saturated carbocycles. The van der Waals surface area contributed by atoms with Crippen molar-refractivity contribution in [2.45, 2.75) is 27.2 Å². The molecule has 1 heterocycles. The minimum absolute atomic E-state index is 0.250. The van der Waals surface area contributed by atoms with Crippen molar-refractivity contribution in [3.8, 4) is 0 Å². The first-order chi connectivity index (χ1) is 5.65. The lowest BCUT2D eigenvalue weighted by Crippen LogP contribution is -1.75.